The summed E-state index contributed by atoms with van der Waals surface area (Å²) in [5.74, 6) is -0.0140. The van der Waals surface area contributed by atoms with Gasteiger partial charge in [-0.05, 0) is 34.1 Å². The smallest absolute Gasteiger partial charge is 0.238 e. The number of amides is 1. The summed E-state index contributed by atoms with van der Waals surface area (Å²) in [5, 5.41) is 6.73. The molecule has 1 saturated heterocycles. The van der Waals surface area contributed by atoms with Crippen molar-refractivity contribution in [3.05, 3.63) is 27.7 Å². The molecule has 0 spiro atoms. The fourth-order valence-corrected chi connectivity index (χ4v) is 2.37. The summed E-state index contributed by atoms with van der Waals surface area (Å²) in [6, 6.07) is 5.33. The van der Waals surface area contributed by atoms with Crippen LogP contribution in [0.5, 0.6) is 0 Å². The molecule has 98 valence electrons. The predicted molar refractivity (Wildman–Crippen MR) is 77.1 cm³/mol. The summed E-state index contributed by atoms with van der Waals surface area (Å²) in [6.45, 7) is 4.11. The number of piperazine rings is 1. The lowest BCUT2D eigenvalue weighted by Crippen LogP contribution is -2.46. The van der Waals surface area contributed by atoms with Crippen LogP contribution in [0.1, 0.15) is 0 Å². The topological polar surface area (TPSA) is 44.4 Å². The zero-order valence-electron chi connectivity index (χ0n) is 9.88. The maximum atomic E-state index is 11.9. The molecule has 1 aromatic carbocycles. The molecule has 6 heteroatoms. The number of anilines is 1. The molecule has 0 aliphatic carbocycles. The van der Waals surface area contributed by atoms with E-state index in [0.29, 0.717) is 17.3 Å². The van der Waals surface area contributed by atoms with E-state index in [1.54, 1.807) is 12.1 Å². The van der Waals surface area contributed by atoms with Crippen LogP contribution in [0, 0.1) is 0 Å². The van der Waals surface area contributed by atoms with Crippen LogP contribution in [-0.4, -0.2) is 43.5 Å². The van der Waals surface area contributed by atoms with E-state index in [1.807, 2.05) is 6.07 Å². The molecule has 1 aromatic rings. The van der Waals surface area contributed by atoms with Crippen molar-refractivity contribution >= 4 is 39.1 Å². The summed E-state index contributed by atoms with van der Waals surface area (Å²) in [4.78, 5) is 14.0. The number of benzene rings is 1. The van der Waals surface area contributed by atoms with Crippen molar-refractivity contribution in [2.24, 2.45) is 0 Å². The van der Waals surface area contributed by atoms with Crippen LogP contribution in [-0.2, 0) is 4.79 Å². The Morgan fingerprint density at radius 3 is 2.89 bits per heavy atom. The molecule has 0 bridgehead atoms. The standard InChI is InChI=1S/C12H15BrClN3O/c13-10-2-1-9(14)7-11(10)16-12(18)8-17-5-3-15-4-6-17/h1-2,7,15H,3-6,8H2,(H,16,18). The molecule has 0 unspecified atom stereocenters. The predicted octanol–water partition coefficient (Wildman–Crippen LogP) is 1.95. The molecule has 1 amide bonds. The first-order valence-electron chi connectivity index (χ1n) is 5.83. The largest absolute Gasteiger partial charge is 0.324 e. The van der Waals surface area contributed by atoms with Gasteiger partial charge in [0.2, 0.25) is 5.91 Å². The molecule has 2 N–H and O–H groups in total. The van der Waals surface area contributed by atoms with Crippen LogP contribution in [0.4, 0.5) is 5.69 Å². The third kappa shape index (κ3) is 3.95. The van der Waals surface area contributed by atoms with Gasteiger partial charge in [-0.1, -0.05) is 11.6 Å². The van der Waals surface area contributed by atoms with E-state index in [-0.39, 0.29) is 5.91 Å². The van der Waals surface area contributed by atoms with Gasteiger partial charge in [0.1, 0.15) is 0 Å². The first kappa shape index (κ1) is 13.8. The van der Waals surface area contributed by atoms with Gasteiger partial charge >= 0.3 is 0 Å². The normalized spacial score (nSPS) is 16.6. The average Bonchev–Trinajstić information content (AvgIpc) is 2.35. The number of hydrogen-bond acceptors (Lipinski definition) is 3. The highest BCUT2D eigenvalue weighted by Crippen LogP contribution is 2.25. The second-order valence-corrected chi connectivity index (χ2v) is 5.49. The lowest BCUT2D eigenvalue weighted by atomic mass is 10.3. The van der Waals surface area contributed by atoms with Crippen LogP contribution in [0.15, 0.2) is 22.7 Å². The van der Waals surface area contributed by atoms with Gasteiger partial charge in [-0.25, -0.2) is 0 Å². The van der Waals surface area contributed by atoms with Crippen molar-refractivity contribution in [3.63, 3.8) is 0 Å². The van der Waals surface area contributed by atoms with E-state index in [9.17, 15) is 4.79 Å². The third-order valence-electron chi connectivity index (χ3n) is 2.78. The number of carbonyl (C=O) groups is 1. The minimum atomic E-state index is -0.0140. The van der Waals surface area contributed by atoms with E-state index in [2.05, 4.69) is 31.5 Å². The molecule has 1 aliphatic rings. The Morgan fingerprint density at radius 1 is 1.44 bits per heavy atom. The van der Waals surface area contributed by atoms with Crippen molar-refractivity contribution in [2.45, 2.75) is 0 Å². The minimum Gasteiger partial charge on any atom is -0.324 e. The fraction of sp³-hybridized carbons (Fsp3) is 0.417. The van der Waals surface area contributed by atoms with Crippen LogP contribution < -0.4 is 10.6 Å². The molecule has 1 fully saturated rings. The quantitative estimate of drug-likeness (QED) is 0.889. The molecule has 0 aromatic heterocycles. The lowest BCUT2D eigenvalue weighted by Gasteiger charge is -2.26. The monoisotopic (exact) mass is 331 g/mol. The second kappa shape index (κ2) is 6.52. The fourth-order valence-electron chi connectivity index (χ4n) is 1.86. The maximum Gasteiger partial charge on any atom is 0.238 e. The number of nitrogens with one attached hydrogen (secondary N) is 2. The highest BCUT2D eigenvalue weighted by atomic mass is 79.9. The highest BCUT2D eigenvalue weighted by molar-refractivity contribution is 9.10. The number of halogens is 2. The zero-order valence-corrected chi connectivity index (χ0v) is 12.2. The van der Waals surface area contributed by atoms with Crippen molar-refractivity contribution in [1.82, 2.24) is 10.2 Å². The molecule has 1 aliphatic heterocycles. The molecule has 0 radical (unpaired) electrons. The Bertz CT molecular complexity index is 435. The molecule has 0 saturated carbocycles. The summed E-state index contributed by atoms with van der Waals surface area (Å²) in [5.41, 5.74) is 0.711. The Labute approximate surface area is 120 Å². The Hall–Kier alpha value is -0.620. The Balaban J connectivity index is 1.92. The van der Waals surface area contributed by atoms with Crippen LogP contribution in [0.25, 0.3) is 0 Å². The molecule has 2 rings (SSSR count). The molecular formula is C12H15BrClN3O. The van der Waals surface area contributed by atoms with Crippen LogP contribution in [0.3, 0.4) is 0 Å². The molecule has 0 atom stereocenters. The van der Waals surface area contributed by atoms with E-state index in [4.69, 9.17) is 11.6 Å². The summed E-state index contributed by atoms with van der Waals surface area (Å²) >= 11 is 9.29. The molecule has 18 heavy (non-hydrogen) atoms. The van der Waals surface area contributed by atoms with Crippen molar-refractivity contribution < 1.29 is 4.79 Å². The first-order chi connectivity index (χ1) is 8.65. The molecular weight excluding hydrogens is 318 g/mol. The number of nitrogens with zero attached hydrogens (tertiary/aromatic N) is 1. The molecule has 1 heterocycles. The third-order valence-corrected chi connectivity index (χ3v) is 3.71. The minimum absolute atomic E-state index is 0.0140. The van der Waals surface area contributed by atoms with Gasteiger partial charge in [0, 0.05) is 35.7 Å². The van der Waals surface area contributed by atoms with Gasteiger partial charge in [0.25, 0.3) is 0 Å². The van der Waals surface area contributed by atoms with E-state index in [1.165, 1.54) is 0 Å². The van der Waals surface area contributed by atoms with Crippen LogP contribution in [0.2, 0.25) is 5.02 Å². The van der Waals surface area contributed by atoms with Crippen molar-refractivity contribution in [1.29, 1.82) is 0 Å². The highest BCUT2D eigenvalue weighted by Gasteiger charge is 2.14. The average molecular weight is 333 g/mol. The van der Waals surface area contributed by atoms with Crippen molar-refractivity contribution in [3.8, 4) is 0 Å². The van der Waals surface area contributed by atoms with Gasteiger partial charge < -0.3 is 10.6 Å². The summed E-state index contributed by atoms with van der Waals surface area (Å²) in [7, 11) is 0. The number of hydrogen-bond donors (Lipinski definition) is 2. The first-order valence-corrected chi connectivity index (χ1v) is 7.00. The molecule has 4 nitrogen and oxygen atoms in total. The second-order valence-electron chi connectivity index (χ2n) is 4.20. The summed E-state index contributed by atoms with van der Waals surface area (Å²) < 4.78 is 0.834. The maximum absolute atomic E-state index is 11.9. The SMILES string of the molecule is O=C(CN1CCNCC1)Nc1cc(Cl)ccc1Br. The van der Waals surface area contributed by atoms with Gasteiger partial charge in [-0.2, -0.15) is 0 Å². The van der Waals surface area contributed by atoms with E-state index < -0.39 is 0 Å². The number of carbonyl (C=O) groups excluding carboxylic acids is 1. The lowest BCUT2D eigenvalue weighted by molar-refractivity contribution is -0.117. The zero-order chi connectivity index (χ0) is 13.0. The van der Waals surface area contributed by atoms with E-state index in [0.717, 1.165) is 30.7 Å². The van der Waals surface area contributed by atoms with Crippen LogP contribution >= 0.6 is 27.5 Å². The van der Waals surface area contributed by atoms with E-state index >= 15 is 0 Å². The van der Waals surface area contributed by atoms with Gasteiger partial charge in [0.05, 0.1) is 12.2 Å². The van der Waals surface area contributed by atoms with Gasteiger partial charge in [-0.3, -0.25) is 9.69 Å². The van der Waals surface area contributed by atoms with Gasteiger partial charge in [-0.15, -0.1) is 0 Å². The Morgan fingerprint density at radius 2 is 2.17 bits per heavy atom. The summed E-state index contributed by atoms with van der Waals surface area (Å²) in [6.07, 6.45) is 0. The van der Waals surface area contributed by atoms with Crippen molar-refractivity contribution in [2.75, 3.05) is 38.0 Å². The van der Waals surface area contributed by atoms with Gasteiger partial charge in [0.15, 0.2) is 0 Å². The Kier molecular flexibility index (Phi) is 5.00. The number of rotatable bonds is 3.